The lowest BCUT2D eigenvalue weighted by molar-refractivity contribution is -0.140. The Morgan fingerprint density at radius 2 is 2.00 bits per heavy atom. The fourth-order valence-electron chi connectivity index (χ4n) is 3.51. The van der Waals surface area contributed by atoms with Crippen molar-refractivity contribution in [1.29, 1.82) is 0 Å². The number of carbonyl (C=O) groups excluding carboxylic acids is 1. The smallest absolute Gasteiger partial charge is 0.397 e. The number of piperidine rings is 1. The van der Waals surface area contributed by atoms with Gasteiger partial charge in [-0.05, 0) is 45.7 Å². The Balaban J connectivity index is 1.76. The van der Waals surface area contributed by atoms with Crippen LogP contribution in [0.3, 0.4) is 0 Å². The van der Waals surface area contributed by atoms with Gasteiger partial charge in [-0.3, -0.25) is 9.69 Å². The van der Waals surface area contributed by atoms with Gasteiger partial charge in [-0.1, -0.05) is 0 Å². The van der Waals surface area contributed by atoms with Crippen LogP contribution >= 0.6 is 0 Å². The van der Waals surface area contributed by atoms with E-state index in [2.05, 4.69) is 10.2 Å². The number of halogens is 3. The van der Waals surface area contributed by atoms with Crippen LogP contribution < -0.4 is 0 Å². The Bertz CT molecular complexity index is 590. The second kappa shape index (κ2) is 6.70. The van der Waals surface area contributed by atoms with E-state index in [4.69, 9.17) is 4.42 Å². The van der Waals surface area contributed by atoms with Gasteiger partial charge in [0.25, 0.3) is 0 Å². The van der Waals surface area contributed by atoms with Crippen molar-refractivity contribution < 1.29 is 22.4 Å². The molecule has 0 unspecified atom stereocenters. The van der Waals surface area contributed by atoms with Crippen LogP contribution in [0.15, 0.2) is 4.42 Å². The Morgan fingerprint density at radius 1 is 1.21 bits per heavy atom. The summed E-state index contributed by atoms with van der Waals surface area (Å²) in [5.41, 5.74) is 0. The van der Waals surface area contributed by atoms with Gasteiger partial charge in [0.05, 0.1) is 6.04 Å². The first-order valence-corrected chi connectivity index (χ1v) is 8.25. The summed E-state index contributed by atoms with van der Waals surface area (Å²) in [5.74, 6) is -0.327. The van der Waals surface area contributed by atoms with Gasteiger partial charge in [0.1, 0.15) is 12.5 Å². The summed E-state index contributed by atoms with van der Waals surface area (Å²) in [5, 5.41) is 7.28. The third-order valence-corrected chi connectivity index (χ3v) is 4.71. The normalized spacial score (nSPS) is 26.1. The molecule has 2 aliphatic heterocycles. The molecular formula is C15H21F3N4O2. The van der Waals surface area contributed by atoms with Crippen LogP contribution in [0.25, 0.3) is 0 Å². The predicted molar refractivity (Wildman–Crippen MR) is 78.0 cm³/mol. The van der Waals surface area contributed by atoms with Crippen molar-refractivity contribution in [2.75, 3.05) is 20.1 Å². The summed E-state index contributed by atoms with van der Waals surface area (Å²) in [6, 6.07) is -0.585. The summed E-state index contributed by atoms with van der Waals surface area (Å²) < 4.78 is 42.6. The molecule has 0 aromatic carbocycles. The third-order valence-electron chi connectivity index (χ3n) is 4.71. The van der Waals surface area contributed by atoms with Gasteiger partial charge in [-0.2, -0.15) is 13.2 Å². The van der Waals surface area contributed by atoms with E-state index >= 15 is 0 Å². The Labute approximate surface area is 138 Å². The van der Waals surface area contributed by atoms with Gasteiger partial charge in [0.2, 0.25) is 17.7 Å². The molecule has 2 aliphatic rings. The summed E-state index contributed by atoms with van der Waals surface area (Å²) in [4.78, 5) is 16.6. The van der Waals surface area contributed by atoms with E-state index in [1.807, 2.05) is 11.9 Å². The third kappa shape index (κ3) is 3.71. The van der Waals surface area contributed by atoms with Gasteiger partial charge in [0.15, 0.2) is 0 Å². The lowest BCUT2D eigenvalue weighted by Gasteiger charge is -2.36. The largest absolute Gasteiger partial charge is 0.423 e. The van der Waals surface area contributed by atoms with E-state index in [-0.39, 0.29) is 17.8 Å². The highest BCUT2D eigenvalue weighted by molar-refractivity contribution is 5.82. The predicted octanol–water partition coefficient (Wildman–Crippen LogP) is 2.32. The number of hydrogen-bond acceptors (Lipinski definition) is 5. The van der Waals surface area contributed by atoms with E-state index < -0.39 is 24.5 Å². The molecular weight excluding hydrogens is 325 g/mol. The Morgan fingerprint density at radius 3 is 2.67 bits per heavy atom. The molecule has 2 atom stereocenters. The summed E-state index contributed by atoms with van der Waals surface area (Å²) in [6.07, 6.45) is -1.46. The van der Waals surface area contributed by atoms with Gasteiger partial charge in [-0.25, -0.2) is 0 Å². The molecule has 24 heavy (non-hydrogen) atoms. The molecule has 1 aromatic rings. The molecule has 9 heteroatoms. The van der Waals surface area contributed by atoms with E-state index in [0.717, 1.165) is 32.2 Å². The maximum Gasteiger partial charge on any atom is 0.397 e. The number of carbonyl (C=O) groups is 1. The summed E-state index contributed by atoms with van der Waals surface area (Å²) in [6.45, 7) is 1.45. The number of hydrogen-bond donors (Lipinski definition) is 0. The van der Waals surface area contributed by atoms with Crippen LogP contribution in [-0.4, -0.2) is 58.3 Å². The SMILES string of the molecule is CN1CCC[C@@H]1C(=O)N1CCCC[C@@H]1c1nnc(CC(F)(F)F)o1. The number of likely N-dealkylation sites (tertiary alicyclic amines) is 2. The van der Waals surface area contributed by atoms with Crippen molar-refractivity contribution >= 4 is 5.91 Å². The number of amides is 1. The molecule has 0 N–H and O–H groups in total. The lowest BCUT2D eigenvalue weighted by Crippen LogP contribution is -2.47. The zero-order chi connectivity index (χ0) is 17.3. The molecule has 0 spiro atoms. The summed E-state index contributed by atoms with van der Waals surface area (Å²) in [7, 11) is 1.92. The number of rotatable bonds is 3. The second-order valence-corrected chi connectivity index (χ2v) is 6.51. The van der Waals surface area contributed by atoms with Crippen molar-refractivity contribution in [3.05, 3.63) is 11.8 Å². The average Bonchev–Trinajstić information content (AvgIpc) is 3.14. The van der Waals surface area contributed by atoms with Crippen LogP contribution in [0.5, 0.6) is 0 Å². The molecule has 134 valence electrons. The highest BCUT2D eigenvalue weighted by Gasteiger charge is 2.39. The fraction of sp³-hybridized carbons (Fsp3) is 0.800. The van der Waals surface area contributed by atoms with Gasteiger partial charge in [0, 0.05) is 6.54 Å². The molecule has 1 aromatic heterocycles. The first-order chi connectivity index (χ1) is 11.3. The van der Waals surface area contributed by atoms with Crippen LogP contribution in [0.2, 0.25) is 0 Å². The second-order valence-electron chi connectivity index (χ2n) is 6.51. The molecule has 0 aliphatic carbocycles. The van der Waals surface area contributed by atoms with E-state index in [0.29, 0.717) is 13.0 Å². The number of aromatic nitrogens is 2. The zero-order valence-electron chi connectivity index (χ0n) is 13.6. The minimum absolute atomic E-state index is 0.00951. The van der Waals surface area contributed by atoms with E-state index in [1.54, 1.807) is 4.90 Å². The maximum absolute atomic E-state index is 12.8. The molecule has 6 nitrogen and oxygen atoms in total. The van der Waals surface area contributed by atoms with Crippen LogP contribution in [0.4, 0.5) is 13.2 Å². The molecule has 0 radical (unpaired) electrons. The van der Waals surface area contributed by atoms with Crippen LogP contribution in [0.1, 0.15) is 49.9 Å². The molecule has 3 heterocycles. The first-order valence-electron chi connectivity index (χ1n) is 8.25. The quantitative estimate of drug-likeness (QED) is 0.841. The fourth-order valence-corrected chi connectivity index (χ4v) is 3.51. The lowest BCUT2D eigenvalue weighted by atomic mass is 10.0. The Hall–Kier alpha value is -1.64. The minimum atomic E-state index is -4.39. The van der Waals surface area contributed by atoms with Crippen LogP contribution in [-0.2, 0) is 11.2 Å². The number of nitrogens with zero attached hydrogens (tertiary/aromatic N) is 4. The Kier molecular flexibility index (Phi) is 4.80. The highest BCUT2D eigenvalue weighted by Crippen LogP contribution is 2.33. The van der Waals surface area contributed by atoms with Crippen LogP contribution in [0, 0.1) is 0 Å². The van der Waals surface area contributed by atoms with Crippen molar-refractivity contribution in [2.24, 2.45) is 0 Å². The first kappa shape index (κ1) is 17.2. The van der Waals surface area contributed by atoms with Gasteiger partial charge < -0.3 is 9.32 Å². The topological polar surface area (TPSA) is 62.5 Å². The minimum Gasteiger partial charge on any atom is -0.423 e. The van der Waals surface area contributed by atoms with Gasteiger partial charge in [-0.15, -0.1) is 10.2 Å². The highest BCUT2D eigenvalue weighted by atomic mass is 19.4. The van der Waals surface area contributed by atoms with Crippen molar-refractivity contribution in [2.45, 2.75) is 56.8 Å². The summed E-state index contributed by atoms with van der Waals surface area (Å²) >= 11 is 0. The van der Waals surface area contributed by atoms with Crippen molar-refractivity contribution in [3.63, 3.8) is 0 Å². The average molecular weight is 346 g/mol. The number of alkyl halides is 3. The standard InChI is InChI=1S/C15H21F3N4O2/c1-21-7-4-6-11(21)14(23)22-8-3-2-5-10(22)13-20-19-12(24-13)9-15(16,17)18/h10-11H,2-9H2,1H3/t10-,11-/m1/s1. The zero-order valence-corrected chi connectivity index (χ0v) is 13.6. The molecule has 3 rings (SSSR count). The van der Waals surface area contributed by atoms with E-state index in [1.165, 1.54) is 0 Å². The molecule has 2 fully saturated rings. The van der Waals surface area contributed by atoms with Crippen molar-refractivity contribution in [3.8, 4) is 0 Å². The number of likely N-dealkylation sites (N-methyl/N-ethyl adjacent to an activating group) is 1. The molecule has 0 saturated carbocycles. The molecule has 2 saturated heterocycles. The monoisotopic (exact) mass is 346 g/mol. The van der Waals surface area contributed by atoms with Crippen molar-refractivity contribution in [1.82, 2.24) is 20.0 Å². The molecule has 1 amide bonds. The van der Waals surface area contributed by atoms with E-state index in [9.17, 15) is 18.0 Å². The molecule has 0 bridgehead atoms. The van der Waals surface area contributed by atoms with Gasteiger partial charge >= 0.3 is 6.18 Å². The maximum atomic E-state index is 12.8.